The highest BCUT2D eigenvalue weighted by atomic mass is 32.1. The van der Waals surface area contributed by atoms with Crippen molar-refractivity contribution in [3.8, 4) is 0 Å². The molecule has 2 N–H and O–H groups in total. The average Bonchev–Trinajstić information content (AvgIpc) is 2.90. The van der Waals surface area contributed by atoms with Crippen molar-refractivity contribution < 1.29 is 14.1 Å². The fourth-order valence-corrected chi connectivity index (χ4v) is 2.21. The first kappa shape index (κ1) is 13.9. The first-order chi connectivity index (χ1) is 9.52. The largest absolute Gasteiger partial charge is 0.386 e. The number of nitro groups is 1. The molecule has 0 aliphatic heterocycles. The van der Waals surface area contributed by atoms with E-state index in [4.69, 9.17) is 0 Å². The monoisotopic (exact) mass is 295 g/mol. The van der Waals surface area contributed by atoms with Gasteiger partial charge in [0.25, 0.3) is 11.6 Å². The van der Waals surface area contributed by atoms with Gasteiger partial charge in [-0.1, -0.05) is 0 Å². The third kappa shape index (κ3) is 2.75. The van der Waals surface area contributed by atoms with Gasteiger partial charge >= 0.3 is 0 Å². The average molecular weight is 295 g/mol. The van der Waals surface area contributed by atoms with E-state index in [0.29, 0.717) is 5.69 Å². The molecule has 1 aromatic carbocycles. The molecular formula is C12H10FN3O3S. The molecule has 0 aliphatic rings. The van der Waals surface area contributed by atoms with E-state index >= 15 is 0 Å². The maximum Gasteiger partial charge on any atom is 0.285 e. The van der Waals surface area contributed by atoms with Gasteiger partial charge in [0, 0.05) is 12.4 Å². The van der Waals surface area contributed by atoms with Crippen LogP contribution in [0.1, 0.15) is 10.4 Å². The Labute approximate surface area is 117 Å². The number of nitrogens with one attached hydrogen (secondary N) is 2. The lowest BCUT2D eigenvalue weighted by Gasteiger charge is -2.07. The highest BCUT2D eigenvalue weighted by molar-refractivity contribution is 7.08. The van der Waals surface area contributed by atoms with Gasteiger partial charge in [0.05, 0.1) is 22.4 Å². The smallest absolute Gasteiger partial charge is 0.285 e. The lowest BCUT2D eigenvalue weighted by atomic mass is 10.1. The zero-order valence-corrected chi connectivity index (χ0v) is 11.2. The molecule has 0 unspecified atom stereocenters. The summed E-state index contributed by atoms with van der Waals surface area (Å²) < 4.78 is 13.5. The molecule has 1 amide bonds. The quantitative estimate of drug-likeness (QED) is 0.670. The van der Waals surface area contributed by atoms with Crippen LogP contribution in [0, 0.1) is 15.9 Å². The van der Waals surface area contributed by atoms with E-state index in [-0.39, 0.29) is 11.3 Å². The first-order valence-electron chi connectivity index (χ1n) is 5.52. The Hall–Kier alpha value is -2.48. The second kappa shape index (κ2) is 5.66. The topological polar surface area (TPSA) is 84.3 Å². The Bertz CT molecular complexity index is 658. The van der Waals surface area contributed by atoms with Crippen molar-refractivity contribution in [2.45, 2.75) is 0 Å². The molecule has 0 bridgehead atoms. The minimum absolute atomic E-state index is 0.0195. The van der Waals surface area contributed by atoms with E-state index in [1.807, 2.05) is 0 Å². The molecule has 1 aromatic heterocycles. The van der Waals surface area contributed by atoms with Crippen molar-refractivity contribution in [1.29, 1.82) is 0 Å². The number of nitro benzene ring substituents is 1. The zero-order chi connectivity index (χ0) is 14.7. The van der Waals surface area contributed by atoms with Crippen LogP contribution < -0.4 is 10.6 Å². The maximum absolute atomic E-state index is 13.5. The molecular weight excluding hydrogens is 285 g/mol. The van der Waals surface area contributed by atoms with Crippen LogP contribution in [-0.4, -0.2) is 17.9 Å². The summed E-state index contributed by atoms with van der Waals surface area (Å²) in [5.41, 5.74) is -0.225. The predicted octanol–water partition coefficient (Wildman–Crippen LogP) is 3.09. The minimum atomic E-state index is -0.787. The Balaban J connectivity index is 2.42. The summed E-state index contributed by atoms with van der Waals surface area (Å²) >= 11 is 1.38. The van der Waals surface area contributed by atoms with Gasteiger partial charge in [-0.3, -0.25) is 14.9 Å². The number of carbonyl (C=O) groups is 1. The van der Waals surface area contributed by atoms with Crippen molar-refractivity contribution in [3.05, 3.63) is 50.5 Å². The maximum atomic E-state index is 13.5. The molecule has 0 saturated carbocycles. The Morgan fingerprint density at radius 3 is 2.75 bits per heavy atom. The number of hydrogen-bond donors (Lipinski definition) is 2. The van der Waals surface area contributed by atoms with Crippen LogP contribution in [0.3, 0.4) is 0 Å². The molecule has 0 radical (unpaired) electrons. The normalized spacial score (nSPS) is 10.1. The Morgan fingerprint density at radius 1 is 1.45 bits per heavy atom. The fraction of sp³-hybridized carbons (Fsp3) is 0.0833. The molecule has 1 heterocycles. The van der Waals surface area contributed by atoms with E-state index in [1.54, 1.807) is 16.8 Å². The van der Waals surface area contributed by atoms with Gasteiger partial charge in [-0.15, -0.1) is 0 Å². The van der Waals surface area contributed by atoms with Gasteiger partial charge in [0.1, 0.15) is 5.56 Å². The van der Waals surface area contributed by atoms with Gasteiger partial charge < -0.3 is 10.6 Å². The molecule has 0 aliphatic carbocycles. The summed E-state index contributed by atoms with van der Waals surface area (Å²) in [7, 11) is 1.46. The number of halogens is 1. The van der Waals surface area contributed by atoms with E-state index in [1.165, 1.54) is 18.4 Å². The van der Waals surface area contributed by atoms with Crippen molar-refractivity contribution in [3.63, 3.8) is 0 Å². The van der Waals surface area contributed by atoms with Gasteiger partial charge in [0.2, 0.25) is 0 Å². The number of thiophene rings is 1. The molecule has 0 saturated heterocycles. The SMILES string of the molecule is CNc1cc(C(=O)Nc2ccsc2)c([N+](=O)[O-])cc1F. The second-order valence-electron chi connectivity index (χ2n) is 3.82. The van der Waals surface area contributed by atoms with E-state index < -0.39 is 22.3 Å². The third-order valence-electron chi connectivity index (χ3n) is 2.58. The van der Waals surface area contributed by atoms with Crippen LogP contribution in [0.2, 0.25) is 0 Å². The molecule has 0 atom stereocenters. The van der Waals surface area contributed by atoms with E-state index in [0.717, 1.165) is 12.1 Å². The van der Waals surface area contributed by atoms with Crippen molar-refractivity contribution >= 4 is 34.3 Å². The molecule has 20 heavy (non-hydrogen) atoms. The van der Waals surface area contributed by atoms with Crippen LogP contribution in [0.25, 0.3) is 0 Å². The van der Waals surface area contributed by atoms with Crippen LogP contribution in [0.4, 0.5) is 21.5 Å². The Kier molecular flexibility index (Phi) is 3.94. The highest BCUT2D eigenvalue weighted by Gasteiger charge is 2.23. The highest BCUT2D eigenvalue weighted by Crippen LogP contribution is 2.27. The molecule has 0 spiro atoms. The van der Waals surface area contributed by atoms with Crippen molar-refractivity contribution in [2.24, 2.45) is 0 Å². The van der Waals surface area contributed by atoms with Crippen molar-refractivity contribution in [2.75, 3.05) is 17.7 Å². The van der Waals surface area contributed by atoms with E-state index in [2.05, 4.69) is 10.6 Å². The number of rotatable bonds is 4. The van der Waals surface area contributed by atoms with Gasteiger partial charge in [-0.25, -0.2) is 4.39 Å². The molecule has 6 nitrogen and oxygen atoms in total. The standard InChI is InChI=1S/C12H10FN3O3S/c1-14-10-4-8(11(16(18)19)5-9(10)13)12(17)15-7-2-3-20-6-7/h2-6,14H,1H3,(H,15,17). The molecule has 0 fully saturated rings. The van der Waals surface area contributed by atoms with Crippen LogP contribution in [-0.2, 0) is 0 Å². The number of amides is 1. The number of benzene rings is 1. The van der Waals surface area contributed by atoms with Crippen LogP contribution in [0.5, 0.6) is 0 Å². The summed E-state index contributed by atoms with van der Waals surface area (Å²) in [4.78, 5) is 22.2. The number of anilines is 2. The van der Waals surface area contributed by atoms with Crippen LogP contribution >= 0.6 is 11.3 Å². The number of carbonyl (C=O) groups excluding carboxylic acids is 1. The summed E-state index contributed by atoms with van der Waals surface area (Å²) in [6, 6.07) is 3.51. The molecule has 2 aromatic rings. The first-order valence-corrected chi connectivity index (χ1v) is 6.46. The fourth-order valence-electron chi connectivity index (χ4n) is 1.62. The lowest BCUT2D eigenvalue weighted by Crippen LogP contribution is -2.14. The van der Waals surface area contributed by atoms with Gasteiger partial charge in [-0.2, -0.15) is 11.3 Å². The summed E-state index contributed by atoms with van der Waals surface area (Å²) in [5, 5.41) is 19.4. The molecule has 8 heteroatoms. The molecule has 104 valence electrons. The summed E-state index contributed by atoms with van der Waals surface area (Å²) in [6.45, 7) is 0. The number of hydrogen-bond acceptors (Lipinski definition) is 5. The Morgan fingerprint density at radius 2 is 2.20 bits per heavy atom. The second-order valence-corrected chi connectivity index (χ2v) is 4.60. The third-order valence-corrected chi connectivity index (χ3v) is 3.26. The number of nitrogens with zero attached hydrogens (tertiary/aromatic N) is 1. The van der Waals surface area contributed by atoms with Crippen LogP contribution in [0.15, 0.2) is 29.0 Å². The lowest BCUT2D eigenvalue weighted by molar-refractivity contribution is -0.385. The van der Waals surface area contributed by atoms with E-state index in [9.17, 15) is 19.3 Å². The predicted molar refractivity (Wildman–Crippen MR) is 74.9 cm³/mol. The summed E-state index contributed by atoms with van der Waals surface area (Å²) in [5.74, 6) is -1.45. The summed E-state index contributed by atoms with van der Waals surface area (Å²) in [6.07, 6.45) is 0. The van der Waals surface area contributed by atoms with Crippen molar-refractivity contribution in [1.82, 2.24) is 0 Å². The van der Waals surface area contributed by atoms with Gasteiger partial charge in [-0.05, 0) is 17.5 Å². The zero-order valence-electron chi connectivity index (χ0n) is 10.3. The van der Waals surface area contributed by atoms with Gasteiger partial charge in [0.15, 0.2) is 5.82 Å². The molecule has 2 rings (SSSR count). The minimum Gasteiger partial charge on any atom is -0.386 e.